The second-order valence-electron chi connectivity index (χ2n) is 4.09. The number of carbonyl (C=O) groups is 1. The normalized spacial score (nSPS) is 19.8. The topological polar surface area (TPSA) is 73.7 Å². The fraction of sp³-hybridized carbons (Fsp3) is 0.333. The van der Waals surface area contributed by atoms with Gasteiger partial charge in [0.15, 0.2) is 0 Å². The highest BCUT2D eigenvalue weighted by molar-refractivity contribution is 5.87. The van der Waals surface area contributed by atoms with E-state index in [9.17, 15) is 9.90 Å². The van der Waals surface area contributed by atoms with Crippen molar-refractivity contribution < 1.29 is 15.0 Å². The van der Waals surface area contributed by atoms with Crippen molar-refractivity contribution in [1.82, 2.24) is 9.88 Å². The number of β-amino-alcohol motifs (C(OH)–C–C–N with tert-alkyl or cyclic N) is 1. The minimum atomic E-state index is -0.969. The number of aliphatic hydroxyl groups is 1. The molecule has 0 radical (unpaired) electrons. The third-order valence-corrected chi connectivity index (χ3v) is 2.66. The van der Waals surface area contributed by atoms with Gasteiger partial charge < -0.3 is 10.2 Å². The molecule has 2 rings (SSSR count). The average Bonchev–Trinajstić information content (AvgIpc) is 2.29. The molecule has 0 fully saturated rings. The van der Waals surface area contributed by atoms with Crippen molar-refractivity contribution in [2.45, 2.75) is 12.6 Å². The molecule has 1 aliphatic rings. The lowest BCUT2D eigenvalue weighted by molar-refractivity contribution is -0.133. The van der Waals surface area contributed by atoms with Crippen LogP contribution in [0.4, 0.5) is 0 Å². The van der Waals surface area contributed by atoms with Gasteiger partial charge in [-0.15, -0.1) is 12.4 Å². The van der Waals surface area contributed by atoms with E-state index in [1.807, 2.05) is 17.0 Å². The average molecular weight is 271 g/mol. The van der Waals surface area contributed by atoms with E-state index in [0.717, 1.165) is 5.56 Å². The quantitative estimate of drug-likeness (QED) is 0.845. The van der Waals surface area contributed by atoms with Crippen LogP contribution in [0.15, 0.2) is 36.2 Å². The van der Waals surface area contributed by atoms with Crippen molar-refractivity contribution in [3.05, 3.63) is 41.7 Å². The van der Waals surface area contributed by atoms with Gasteiger partial charge in [0, 0.05) is 37.6 Å². The second-order valence-corrected chi connectivity index (χ2v) is 4.09. The summed E-state index contributed by atoms with van der Waals surface area (Å²) in [5, 5.41) is 18.5. The number of aliphatic carboxylic acids is 1. The molecule has 18 heavy (non-hydrogen) atoms. The smallest absolute Gasteiger partial charge is 0.332 e. The lowest BCUT2D eigenvalue weighted by Gasteiger charge is -2.28. The van der Waals surface area contributed by atoms with E-state index in [4.69, 9.17) is 5.11 Å². The first-order chi connectivity index (χ1) is 8.15. The molecule has 0 saturated carbocycles. The molecule has 1 aliphatic heterocycles. The van der Waals surface area contributed by atoms with E-state index in [1.54, 1.807) is 12.4 Å². The molecule has 2 heterocycles. The van der Waals surface area contributed by atoms with Crippen molar-refractivity contribution in [2.24, 2.45) is 0 Å². The summed E-state index contributed by atoms with van der Waals surface area (Å²) in [5.74, 6) is -0.969. The third-order valence-electron chi connectivity index (χ3n) is 2.66. The number of halogens is 1. The number of pyridine rings is 1. The molecule has 5 nitrogen and oxygen atoms in total. The van der Waals surface area contributed by atoms with Crippen LogP contribution in [0.25, 0.3) is 0 Å². The van der Waals surface area contributed by atoms with Crippen LogP contribution in [0.3, 0.4) is 0 Å². The fourth-order valence-corrected chi connectivity index (χ4v) is 1.91. The van der Waals surface area contributed by atoms with Crippen LogP contribution in [0.5, 0.6) is 0 Å². The zero-order valence-electron chi connectivity index (χ0n) is 9.69. The molecule has 0 amide bonds. The van der Waals surface area contributed by atoms with Gasteiger partial charge in [0.1, 0.15) is 0 Å². The number of hydrogen-bond acceptors (Lipinski definition) is 4. The van der Waals surface area contributed by atoms with Crippen LogP contribution in [0.2, 0.25) is 0 Å². The van der Waals surface area contributed by atoms with Gasteiger partial charge in [0.05, 0.1) is 6.10 Å². The van der Waals surface area contributed by atoms with Crippen LogP contribution < -0.4 is 0 Å². The van der Waals surface area contributed by atoms with Gasteiger partial charge in [-0.2, -0.15) is 0 Å². The molecule has 0 spiro atoms. The number of carboxylic acid groups (broad SMARTS) is 1. The van der Waals surface area contributed by atoms with E-state index in [0.29, 0.717) is 19.6 Å². The molecule has 0 aromatic carbocycles. The summed E-state index contributed by atoms with van der Waals surface area (Å²) in [5.41, 5.74) is 1.30. The number of hydrogen-bond donors (Lipinski definition) is 2. The molecular formula is C12H15ClN2O3. The lowest BCUT2D eigenvalue weighted by Crippen LogP contribution is -2.38. The van der Waals surface area contributed by atoms with Crippen molar-refractivity contribution in [3.8, 4) is 0 Å². The van der Waals surface area contributed by atoms with Crippen LogP contribution >= 0.6 is 12.4 Å². The zero-order valence-corrected chi connectivity index (χ0v) is 10.5. The van der Waals surface area contributed by atoms with E-state index in [2.05, 4.69) is 4.98 Å². The largest absolute Gasteiger partial charge is 0.478 e. The first-order valence-electron chi connectivity index (χ1n) is 5.38. The summed E-state index contributed by atoms with van der Waals surface area (Å²) in [6, 6.07) is 3.76. The summed E-state index contributed by atoms with van der Waals surface area (Å²) in [7, 11) is 0. The maximum Gasteiger partial charge on any atom is 0.332 e. The van der Waals surface area contributed by atoms with Gasteiger partial charge in [-0.25, -0.2) is 4.79 Å². The summed E-state index contributed by atoms with van der Waals surface area (Å²) in [6.45, 7) is 1.43. The predicted molar refractivity (Wildman–Crippen MR) is 68.5 cm³/mol. The monoisotopic (exact) mass is 270 g/mol. The molecule has 1 aromatic heterocycles. The number of aliphatic hydroxyl groups excluding tert-OH is 1. The molecule has 2 N–H and O–H groups in total. The molecule has 1 aromatic rings. The van der Waals surface area contributed by atoms with Gasteiger partial charge in [-0.3, -0.25) is 9.88 Å². The van der Waals surface area contributed by atoms with Crippen molar-refractivity contribution in [2.75, 3.05) is 13.1 Å². The molecule has 0 saturated heterocycles. The highest BCUT2D eigenvalue weighted by atomic mass is 35.5. The number of nitrogens with zero attached hydrogens (tertiary/aromatic N) is 2. The Morgan fingerprint density at radius 2 is 2.11 bits per heavy atom. The zero-order chi connectivity index (χ0) is 12.3. The first-order valence-corrected chi connectivity index (χ1v) is 5.38. The highest BCUT2D eigenvalue weighted by Gasteiger charge is 2.22. The van der Waals surface area contributed by atoms with Crippen molar-refractivity contribution in [3.63, 3.8) is 0 Å². The molecule has 0 aliphatic carbocycles. The Bertz CT molecular complexity index is 436. The Morgan fingerprint density at radius 1 is 1.44 bits per heavy atom. The van der Waals surface area contributed by atoms with Crippen LogP contribution in [0.1, 0.15) is 5.56 Å². The molecule has 98 valence electrons. The molecule has 6 heteroatoms. The minimum absolute atomic E-state index is 0. The van der Waals surface area contributed by atoms with Crippen molar-refractivity contribution in [1.29, 1.82) is 0 Å². The summed E-state index contributed by atoms with van der Waals surface area (Å²) < 4.78 is 0. The number of aromatic nitrogens is 1. The van der Waals surface area contributed by atoms with Crippen LogP contribution in [-0.2, 0) is 11.3 Å². The second kappa shape index (κ2) is 6.49. The highest BCUT2D eigenvalue weighted by Crippen LogP contribution is 2.13. The van der Waals surface area contributed by atoms with Crippen molar-refractivity contribution >= 4 is 18.4 Å². The Kier molecular flexibility index (Phi) is 5.27. The Labute approximate surface area is 111 Å². The maximum absolute atomic E-state index is 10.9. The maximum atomic E-state index is 10.9. The standard InChI is InChI=1S/C12H14N2O3.ClH/c15-11-5-10(12(16)17)7-14(8-11)6-9-1-3-13-4-2-9;/h1-5,11,15H,6-8H2,(H,16,17);1H. The van der Waals surface area contributed by atoms with Gasteiger partial charge in [-0.1, -0.05) is 0 Å². The molecule has 1 atom stereocenters. The minimum Gasteiger partial charge on any atom is -0.478 e. The van der Waals surface area contributed by atoms with Gasteiger partial charge in [-0.05, 0) is 23.8 Å². The van der Waals surface area contributed by atoms with E-state index >= 15 is 0 Å². The SMILES string of the molecule is Cl.O=C(O)C1=CC(O)CN(Cc2ccncc2)C1. The van der Waals surface area contributed by atoms with Crippen LogP contribution in [-0.4, -0.2) is 45.3 Å². The predicted octanol–water partition coefficient (Wildman–Crippen LogP) is 0.691. The van der Waals surface area contributed by atoms with E-state index < -0.39 is 12.1 Å². The fourth-order valence-electron chi connectivity index (χ4n) is 1.91. The Morgan fingerprint density at radius 3 is 2.72 bits per heavy atom. The molecule has 1 unspecified atom stereocenters. The Hall–Kier alpha value is -1.43. The van der Waals surface area contributed by atoms with Crippen LogP contribution in [0, 0.1) is 0 Å². The molecule has 0 bridgehead atoms. The molecular weight excluding hydrogens is 256 g/mol. The number of carboxylic acids is 1. The van der Waals surface area contributed by atoms with E-state index in [1.165, 1.54) is 6.08 Å². The summed E-state index contributed by atoms with van der Waals surface area (Å²) in [4.78, 5) is 16.7. The van der Waals surface area contributed by atoms with E-state index in [-0.39, 0.29) is 18.0 Å². The summed E-state index contributed by atoms with van der Waals surface area (Å²) in [6.07, 6.45) is 4.09. The van der Waals surface area contributed by atoms with Gasteiger partial charge in [0.2, 0.25) is 0 Å². The van der Waals surface area contributed by atoms with Gasteiger partial charge >= 0.3 is 5.97 Å². The van der Waals surface area contributed by atoms with Gasteiger partial charge in [0.25, 0.3) is 0 Å². The lowest BCUT2D eigenvalue weighted by atomic mass is 10.1. The third kappa shape index (κ3) is 3.80. The first kappa shape index (κ1) is 14.6. The Balaban J connectivity index is 0.00000162. The number of rotatable bonds is 3. The summed E-state index contributed by atoms with van der Waals surface area (Å²) >= 11 is 0.